The first-order valence-corrected chi connectivity index (χ1v) is 6.18. The smallest absolute Gasteiger partial charge is 0.252 e. The second kappa shape index (κ2) is 6.04. The van der Waals surface area contributed by atoms with Gasteiger partial charge in [0.25, 0.3) is 5.24 Å². The molecule has 5 heteroatoms. The van der Waals surface area contributed by atoms with Gasteiger partial charge in [-0.3, -0.25) is 4.79 Å². The third-order valence-electron chi connectivity index (χ3n) is 2.49. The van der Waals surface area contributed by atoms with Crippen LogP contribution >= 0.6 is 23.2 Å². The number of ether oxygens (including phenoxy) is 1. The molecule has 0 atom stereocenters. The number of carbonyl (C=O) groups excluding carboxylic acids is 1. The Hall–Kier alpha value is -1.58. The molecule has 0 unspecified atom stereocenters. The molecule has 0 bridgehead atoms. The first-order valence-electron chi connectivity index (χ1n) is 5.43. The lowest BCUT2D eigenvalue weighted by molar-refractivity contribution is 0.108. The van der Waals surface area contributed by atoms with E-state index < -0.39 is 11.1 Å². The molecule has 0 amide bonds. The monoisotopic (exact) mass is 298 g/mol. The predicted molar refractivity (Wildman–Crippen MR) is 72.4 cm³/mol. The van der Waals surface area contributed by atoms with Gasteiger partial charge in [-0.1, -0.05) is 17.7 Å². The van der Waals surface area contributed by atoms with E-state index in [1.54, 1.807) is 30.3 Å². The molecule has 0 radical (unpaired) electrons. The number of halogens is 3. The van der Waals surface area contributed by atoms with Gasteiger partial charge in [-0.2, -0.15) is 0 Å². The lowest BCUT2D eigenvalue weighted by atomic mass is 10.2. The number of hydrogen-bond donors (Lipinski definition) is 0. The summed E-state index contributed by atoms with van der Waals surface area (Å²) in [6.45, 7) is 0.216. The van der Waals surface area contributed by atoms with E-state index in [1.807, 2.05) is 0 Å². The maximum absolute atomic E-state index is 12.9. The van der Waals surface area contributed by atoms with Crippen LogP contribution in [-0.2, 0) is 6.61 Å². The van der Waals surface area contributed by atoms with Gasteiger partial charge in [-0.15, -0.1) is 0 Å². The van der Waals surface area contributed by atoms with Gasteiger partial charge in [0, 0.05) is 11.1 Å². The zero-order valence-electron chi connectivity index (χ0n) is 9.70. The van der Waals surface area contributed by atoms with Gasteiger partial charge in [0.2, 0.25) is 0 Å². The molecule has 2 aromatic rings. The van der Waals surface area contributed by atoms with Crippen LogP contribution in [-0.4, -0.2) is 5.24 Å². The maximum atomic E-state index is 12.9. The Morgan fingerprint density at radius 1 is 1.16 bits per heavy atom. The van der Waals surface area contributed by atoms with Crippen LogP contribution in [0.25, 0.3) is 0 Å². The Bertz CT molecular complexity index is 597. The minimum absolute atomic E-state index is 0.216. The summed E-state index contributed by atoms with van der Waals surface area (Å²) in [6, 6.07) is 10.5. The molecule has 0 fully saturated rings. The molecule has 2 aromatic carbocycles. The van der Waals surface area contributed by atoms with Gasteiger partial charge >= 0.3 is 0 Å². The van der Waals surface area contributed by atoms with Crippen molar-refractivity contribution in [1.29, 1.82) is 0 Å². The van der Waals surface area contributed by atoms with Crippen LogP contribution < -0.4 is 4.74 Å². The summed E-state index contributed by atoms with van der Waals surface area (Å²) in [6.07, 6.45) is 0. The Morgan fingerprint density at radius 3 is 2.42 bits per heavy atom. The highest BCUT2D eigenvalue weighted by molar-refractivity contribution is 6.67. The van der Waals surface area contributed by atoms with Crippen molar-refractivity contribution < 1.29 is 13.9 Å². The molecule has 0 aliphatic carbocycles. The van der Waals surface area contributed by atoms with Crippen LogP contribution in [0, 0.1) is 5.82 Å². The second-order valence-electron chi connectivity index (χ2n) is 3.82. The normalized spacial score (nSPS) is 10.3. The fourth-order valence-electron chi connectivity index (χ4n) is 1.48. The molecule has 2 nitrogen and oxygen atoms in total. The summed E-state index contributed by atoms with van der Waals surface area (Å²) in [4.78, 5) is 10.9. The van der Waals surface area contributed by atoms with Gasteiger partial charge < -0.3 is 4.74 Å². The van der Waals surface area contributed by atoms with Crippen molar-refractivity contribution in [2.75, 3.05) is 0 Å². The molecule has 19 heavy (non-hydrogen) atoms. The van der Waals surface area contributed by atoms with E-state index in [4.69, 9.17) is 27.9 Å². The Kier molecular flexibility index (Phi) is 4.40. The van der Waals surface area contributed by atoms with Gasteiger partial charge in [-0.25, -0.2) is 4.39 Å². The van der Waals surface area contributed by atoms with E-state index in [2.05, 4.69) is 0 Å². The van der Waals surface area contributed by atoms with E-state index in [1.165, 1.54) is 12.1 Å². The second-order valence-corrected chi connectivity index (χ2v) is 4.57. The zero-order valence-corrected chi connectivity index (χ0v) is 11.2. The van der Waals surface area contributed by atoms with Crippen LogP contribution in [0.4, 0.5) is 4.39 Å². The van der Waals surface area contributed by atoms with Gasteiger partial charge in [0.05, 0.1) is 5.02 Å². The number of rotatable bonds is 4. The maximum Gasteiger partial charge on any atom is 0.252 e. The fourth-order valence-corrected chi connectivity index (χ4v) is 1.83. The molecule has 0 saturated heterocycles. The van der Waals surface area contributed by atoms with Gasteiger partial charge in [0.1, 0.15) is 18.2 Å². The van der Waals surface area contributed by atoms with Crippen molar-refractivity contribution in [2.45, 2.75) is 6.61 Å². The topological polar surface area (TPSA) is 26.3 Å². The Labute approximate surface area is 119 Å². The standard InChI is InChI=1S/C14H9Cl2FO2/c15-13-7-11(17)4-1-10(13)8-19-12-5-2-9(3-6-12)14(16)18/h1-7H,8H2. The molecule has 0 spiro atoms. The van der Waals surface area contributed by atoms with E-state index >= 15 is 0 Å². The Morgan fingerprint density at radius 2 is 1.84 bits per heavy atom. The molecular formula is C14H9Cl2FO2. The molecule has 0 aliphatic heterocycles. The average molecular weight is 299 g/mol. The molecule has 0 saturated carbocycles. The van der Waals surface area contributed by atoms with Crippen molar-refractivity contribution in [2.24, 2.45) is 0 Å². The molecule has 0 aliphatic rings. The van der Waals surface area contributed by atoms with Crippen molar-refractivity contribution in [1.82, 2.24) is 0 Å². The minimum Gasteiger partial charge on any atom is -0.489 e. The third kappa shape index (κ3) is 3.69. The first kappa shape index (κ1) is 13.8. The first-order chi connectivity index (χ1) is 9.06. The van der Waals surface area contributed by atoms with Crippen LogP contribution in [0.2, 0.25) is 5.02 Å². The van der Waals surface area contributed by atoms with Crippen molar-refractivity contribution in [3.63, 3.8) is 0 Å². The Balaban J connectivity index is 2.04. The SMILES string of the molecule is O=C(Cl)c1ccc(OCc2ccc(F)cc2Cl)cc1. The van der Waals surface area contributed by atoms with Crippen LogP contribution in [0.15, 0.2) is 42.5 Å². The molecule has 0 N–H and O–H groups in total. The lowest BCUT2D eigenvalue weighted by Gasteiger charge is -2.08. The highest BCUT2D eigenvalue weighted by Gasteiger charge is 2.04. The van der Waals surface area contributed by atoms with Crippen LogP contribution in [0.3, 0.4) is 0 Å². The number of hydrogen-bond acceptors (Lipinski definition) is 2. The zero-order chi connectivity index (χ0) is 13.8. The van der Waals surface area contributed by atoms with Crippen molar-refractivity contribution >= 4 is 28.4 Å². The van der Waals surface area contributed by atoms with Crippen molar-refractivity contribution in [3.05, 3.63) is 64.4 Å². The highest BCUT2D eigenvalue weighted by Crippen LogP contribution is 2.20. The van der Waals surface area contributed by atoms with Gasteiger partial charge in [0.15, 0.2) is 0 Å². The quantitative estimate of drug-likeness (QED) is 0.780. The highest BCUT2D eigenvalue weighted by atomic mass is 35.5. The third-order valence-corrected chi connectivity index (χ3v) is 3.06. The summed E-state index contributed by atoms with van der Waals surface area (Å²) in [7, 11) is 0. The average Bonchev–Trinajstić information content (AvgIpc) is 2.38. The number of carbonyl (C=O) groups is 1. The summed E-state index contributed by atoms with van der Waals surface area (Å²) in [5, 5.41) is -0.208. The molecule has 2 rings (SSSR count). The van der Waals surface area contributed by atoms with Crippen LogP contribution in [0.5, 0.6) is 5.75 Å². The van der Waals surface area contributed by atoms with Crippen LogP contribution in [0.1, 0.15) is 15.9 Å². The molecule has 98 valence electrons. The van der Waals surface area contributed by atoms with E-state index in [-0.39, 0.29) is 6.61 Å². The largest absolute Gasteiger partial charge is 0.489 e. The van der Waals surface area contributed by atoms with E-state index in [9.17, 15) is 9.18 Å². The molecule has 0 aromatic heterocycles. The predicted octanol–water partition coefficient (Wildman–Crippen LogP) is 4.44. The summed E-state index contributed by atoms with van der Waals surface area (Å²) in [5.41, 5.74) is 1.08. The molecular weight excluding hydrogens is 290 g/mol. The van der Waals surface area contributed by atoms with Crippen molar-refractivity contribution in [3.8, 4) is 5.75 Å². The summed E-state index contributed by atoms with van der Waals surface area (Å²) < 4.78 is 18.3. The van der Waals surface area contributed by atoms with E-state index in [0.29, 0.717) is 21.9 Å². The van der Waals surface area contributed by atoms with E-state index in [0.717, 1.165) is 0 Å². The fraction of sp³-hybridized carbons (Fsp3) is 0.0714. The number of benzene rings is 2. The lowest BCUT2D eigenvalue weighted by Crippen LogP contribution is -1.97. The summed E-state index contributed by atoms with van der Waals surface area (Å²) >= 11 is 11.2. The summed E-state index contributed by atoms with van der Waals surface area (Å²) in [5.74, 6) is 0.181. The minimum atomic E-state index is -0.520. The van der Waals surface area contributed by atoms with Gasteiger partial charge in [-0.05, 0) is 48.0 Å². The molecule has 0 heterocycles.